The highest BCUT2D eigenvalue weighted by molar-refractivity contribution is 5.86. The topological polar surface area (TPSA) is 50.8 Å². The van der Waals surface area contributed by atoms with E-state index in [0.29, 0.717) is 24.0 Å². The predicted molar refractivity (Wildman–Crippen MR) is 168 cm³/mol. The van der Waals surface area contributed by atoms with Crippen LogP contribution in [0.3, 0.4) is 0 Å². The number of nitriles is 2. The summed E-state index contributed by atoms with van der Waals surface area (Å²) in [5.41, 5.74) is 7.38. The minimum Gasteiger partial charge on any atom is -0.322 e. The number of allylic oxidation sites excluding steroid dienone is 15. The summed E-state index contributed by atoms with van der Waals surface area (Å²) in [5.74, 6) is -0.176. The van der Waals surface area contributed by atoms with Crippen molar-refractivity contribution in [1.29, 1.82) is 10.5 Å². The van der Waals surface area contributed by atoms with Crippen molar-refractivity contribution in [2.75, 3.05) is 0 Å². The predicted octanol–water partition coefficient (Wildman–Crippen LogP) is 7.76. The first-order valence-electron chi connectivity index (χ1n) is 13.5. The summed E-state index contributed by atoms with van der Waals surface area (Å²) in [6, 6.07) is 12.6. The van der Waals surface area contributed by atoms with Gasteiger partial charge in [-0.05, 0) is 61.3 Å². The van der Waals surface area contributed by atoms with Gasteiger partial charge >= 0.3 is 0 Å². The first-order chi connectivity index (χ1) is 19.4. The van der Waals surface area contributed by atoms with E-state index in [0.717, 1.165) is 50.7 Å². The summed E-state index contributed by atoms with van der Waals surface area (Å²) in [5, 5.41) is 22.1. The van der Waals surface area contributed by atoms with Crippen LogP contribution in [0.1, 0.15) is 40.0 Å². The van der Waals surface area contributed by atoms with Gasteiger partial charge in [0.05, 0.1) is 11.6 Å². The van der Waals surface area contributed by atoms with Crippen LogP contribution in [0.15, 0.2) is 145 Å². The number of benzene rings is 1. The Kier molecular flexibility index (Phi) is 10.6. The van der Waals surface area contributed by atoms with Gasteiger partial charge in [0.1, 0.15) is 6.07 Å². The highest BCUT2D eigenvalue weighted by atomic mass is 15.2. The lowest BCUT2D eigenvalue weighted by molar-refractivity contribution is 0.508. The maximum Gasteiger partial charge on any atom is 0.100 e. The third-order valence-electron chi connectivity index (χ3n) is 7.04. The van der Waals surface area contributed by atoms with Gasteiger partial charge in [-0.2, -0.15) is 10.5 Å². The Balaban J connectivity index is 2.09. The number of hydrogen-bond acceptors (Lipinski definition) is 3. The van der Waals surface area contributed by atoms with Crippen LogP contribution in [0.4, 0.5) is 0 Å². The molecule has 200 valence electrons. The van der Waals surface area contributed by atoms with Crippen LogP contribution < -0.4 is 10.4 Å². The summed E-state index contributed by atoms with van der Waals surface area (Å²) in [4.78, 5) is 2.16. The summed E-state index contributed by atoms with van der Waals surface area (Å²) >= 11 is 0. The SMILES string of the molecule is C=C/C=C(\C)N(C(=C)CC=C)C1=CC=C(C=C/C(C)=C2\C(C#N)=c3ccccc3=C(C#N)C2C/C=C\C)C=CC1. The van der Waals surface area contributed by atoms with E-state index in [-0.39, 0.29) is 5.92 Å². The van der Waals surface area contributed by atoms with Gasteiger partial charge in [0.15, 0.2) is 0 Å². The zero-order valence-electron chi connectivity index (χ0n) is 23.8. The molecule has 0 aliphatic heterocycles. The molecular formula is C37H37N3. The van der Waals surface area contributed by atoms with Crippen molar-refractivity contribution in [3.63, 3.8) is 0 Å². The van der Waals surface area contributed by atoms with E-state index in [1.807, 2.05) is 63.3 Å². The van der Waals surface area contributed by atoms with Crippen molar-refractivity contribution in [2.45, 2.75) is 40.0 Å². The molecule has 0 radical (unpaired) electrons. The minimum absolute atomic E-state index is 0.176. The second-order valence-electron chi connectivity index (χ2n) is 9.71. The van der Waals surface area contributed by atoms with Gasteiger partial charge in [0, 0.05) is 46.6 Å². The molecule has 0 fully saturated rings. The molecule has 1 aromatic rings. The van der Waals surface area contributed by atoms with Gasteiger partial charge in [-0.25, -0.2) is 0 Å². The average Bonchev–Trinajstić information content (AvgIpc) is 3.19. The highest BCUT2D eigenvalue weighted by Crippen LogP contribution is 2.35. The Labute approximate surface area is 239 Å². The molecule has 3 nitrogen and oxygen atoms in total. The first-order valence-corrected chi connectivity index (χ1v) is 13.5. The highest BCUT2D eigenvalue weighted by Gasteiger charge is 2.28. The van der Waals surface area contributed by atoms with Crippen molar-refractivity contribution in [3.8, 4) is 12.1 Å². The number of rotatable bonds is 10. The molecule has 0 bridgehead atoms. The minimum atomic E-state index is -0.176. The average molecular weight is 524 g/mol. The van der Waals surface area contributed by atoms with Crippen LogP contribution in [0.2, 0.25) is 0 Å². The molecule has 1 aromatic carbocycles. The number of fused-ring (bicyclic) bond motifs is 1. The molecule has 1 atom stereocenters. The van der Waals surface area contributed by atoms with Crippen LogP contribution in [0.25, 0.3) is 11.1 Å². The maximum atomic E-state index is 10.2. The third kappa shape index (κ3) is 6.58. The first kappa shape index (κ1) is 29.7. The Morgan fingerprint density at radius 3 is 2.50 bits per heavy atom. The van der Waals surface area contributed by atoms with E-state index in [1.54, 1.807) is 6.08 Å². The molecule has 2 aliphatic carbocycles. The van der Waals surface area contributed by atoms with E-state index in [4.69, 9.17) is 0 Å². The molecule has 40 heavy (non-hydrogen) atoms. The summed E-state index contributed by atoms with van der Waals surface area (Å²) in [6.07, 6.45) is 24.4. The molecule has 0 amide bonds. The Bertz CT molecular complexity index is 1610. The van der Waals surface area contributed by atoms with Crippen molar-refractivity contribution >= 4 is 11.1 Å². The maximum absolute atomic E-state index is 10.2. The molecule has 0 saturated heterocycles. The monoisotopic (exact) mass is 523 g/mol. The molecule has 0 heterocycles. The van der Waals surface area contributed by atoms with Gasteiger partial charge in [-0.3, -0.25) is 0 Å². The smallest absolute Gasteiger partial charge is 0.100 e. The second kappa shape index (κ2) is 14.3. The van der Waals surface area contributed by atoms with E-state index >= 15 is 0 Å². The molecule has 0 N–H and O–H groups in total. The quantitative estimate of drug-likeness (QED) is 0.233. The standard InChI is InChI=1S/C37H37N3/c1-7-10-18-34-35(25-38)32-19-11-12-20-33(32)36(26-39)37(34)27(4)21-22-30-16-13-17-31(24-23-30)40(28(5)14-8-2)29(6)15-9-3/h7-13,15-16,19-24,34H,2-3,5,14,17-18H2,1,4,6H3/b10-7-,22-21?,29-15+,37-27-. The fourth-order valence-corrected chi connectivity index (χ4v) is 5.23. The van der Waals surface area contributed by atoms with Crippen LogP contribution in [-0.4, -0.2) is 4.90 Å². The molecular weight excluding hydrogens is 486 g/mol. The van der Waals surface area contributed by atoms with Crippen LogP contribution in [0, 0.1) is 28.6 Å². The zero-order valence-corrected chi connectivity index (χ0v) is 23.8. The van der Waals surface area contributed by atoms with Crippen molar-refractivity contribution in [3.05, 3.63) is 155 Å². The fraction of sp³-hybridized carbons (Fsp3) is 0.189. The van der Waals surface area contributed by atoms with Crippen molar-refractivity contribution < 1.29 is 0 Å². The molecule has 1 unspecified atom stereocenters. The lowest BCUT2D eigenvalue weighted by atomic mass is 9.76. The Morgan fingerprint density at radius 2 is 1.85 bits per heavy atom. The van der Waals surface area contributed by atoms with E-state index in [9.17, 15) is 10.5 Å². The number of nitrogens with zero attached hydrogens (tertiary/aromatic N) is 3. The summed E-state index contributed by atoms with van der Waals surface area (Å²) < 4.78 is 0. The Morgan fingerprint density at radius 1 is 1.10 bits per heavy atom. The van der Waals surface area contributed by atoms with Gasteiger partial charge in [0.25, 0.3) is 0 Å². The van der Waals surface area contributed by atoms with Gasteiger partial charge in [0.2, 0.25) is 0 Å². The molecule has 3 heteroatoms. The normalized spacial score (nSPS) is 18.3. The van der Waals surface area contributed by atoms with Crippen LogP contribution >= 0.6 is 0 Å². The molecule has 0 spiro atoms. The van der Waals surface area contributed by atoms with Crippen molar-refractivity contribution in [2.24, 2.45) is 5.92 Å². The van der Waals surface area contributed by atoms with E-state index in [1.165, 1.54) is 0 Å². The number of hydrogen-bond donors (Lipinski definition) is 0. The van der Waals surface area contributed by atoms with E-state index in [2.05, 4.69) is 79.3 Å². The molecule has 0 saturated carbocycles. The van der Waals surface area contributed by atoms with Gasteiger partial charge in [-0.1, -0.05) is 92.1 Å². The fourth-order valence-electron chi connectivity index (χ4n) is 5.23. The summed E-state index contributed by atoms with van der Waals surface area (Å²) in [6.45, 7) is 18.0. The van der Waals surface area contributed by atoms with Crippen LogP contribution in [-0.2, 0) is 0 Å². The largest absolute Gasteiger partial charge is 0.322 e. The molecule has 2 aliphatic rings. The third-order valence-corrected chi connectivity index (χ3v) is 7.04. The molecule has 0 aromatic heterocycles. The Hall–Kier alpha value is -4.86. The second-order valence-corrected chi connectivity index (χ2v) is 9.71. The lowest BCUT2D eigenvalue weighted by Gasteiger charge is -2.29. The zero-order chi connectivity index (χ0) is 29.1. The van der Waals surface area contributed by atoms with Gasteiger partial charge < -0.3 is 4.90 Å². The molecule has 3 rings (SSSR count). The van der Waals surface area contributed by atoms with E-state index < -0.39 is 0 Å². The van der Waals surface area contributed by atoms with Gasteiger partial charge in [-0.15, -0.1) is 6.58 Å². The summed E-state index contributed by atoms with van der Waals surface area (Å²) in [7, 11) is 0. The van der Waals surface area contributed by atoms with Crippen LogP contribution in [0.5, 0.6) is 0 Å². The van der Waals surface area contributed by atoms with Crippen molar-refractivity contribution in [1.82, 2.24) is 4.90 Å². The lowest BCUT2D eigenvalue weighted by Crippen LogP contribution is -2.36.